The standard InChI is InChI=1S/C14H20N2O3/c1-3-8-16(10-13(17)15-2)9-11-4-6-12(7-5-11)14(18)19/h4-7H,3,8-10H2,1-2H3,(H,15,17)(H,18,19). The number of likely N-dealkylation sites (N-methyl/N-ethyl adjacent to an activating group) is 1. The summed E-state index contributed by atoms with van der Waals surface area (Å²) in [5, 5.41) is 11.4. The molecule has 0 unspecified atom stereocenters. The molecule has 0 aliphatic carbocycles. The van der Waals surface area contributed by atoms with E-state index in [9.17, 15) is 9.59 Å². The van der Waals surface area contributed by atoms with Gasteiger partial charge in [-0.1, -0.05) is 19.1 Å². The SMILES string of the molecule is CCCN(CC(=O)NC)Cc1ccc(C(=O)O)cc1. The van der Waals surface area contributed by atoms with Crippen LogP contribution in [0.1, 0.15) is 29.3 Å². The van der Waals surface area contributed by atoms with E-state index in [0.29, 0.717) is 13.1 Å². The van der Waals surface area contributed by atoms with Gasteiger partial charge in [0.2, 0.25) is 5.91 Å². The number of benzene rings is 1. The number of carbonyl (C=O) groups excluding carboxylic acids is 1. The number of carboxylic acids is 1. The van der Waals surface area contributed by atoms with Gasteiger partial charge in [-0.3, -0.25) is 9.69 Å². The Labute approximate surface area is 113 Å². The van der Waals surface area contributed by atoms with E-state index in [1.165, 1.54) is 0 Å². The molecule has 0 aliphatic rings. The fourth-order valence-electron chi connectivity index (χ4n) is 1.82. The van der Waals surface area contributed by atoms with E-state index in [1.54, 1.807) is 31.3 Å². The van der Waals surface area contributed by atoms with E-state index in [0.717, 1.165) is 18.5 Å². The van der Waals surface area contributed by atoms with Crippen molar-refractivity contribution in [3.63, 3.8) is 0 Å². The van der Waals surface area contributed by atoms with Gasteiger partial charge >= 0.3 is 5.97 Å². The van der Waals surface area contributed by atoms with Gasteiger partial charge in [0, 0.05) is 13.6 Å². The summed E-state index contributed by atoms with van der Waals surface area (Å²) in [5.74, 6) is -0.946. The summed E-state index contributed by atoms with van der Waals surface area (Å²) >= 11 is 0. The predicted molar refractivity (Wildman–Crippen MR) is 73.0 cm³/mol. The van der Waals surface area contributed by atoms with Crippen molar-refractivity contribution >= 4 is 11.9 Å². The maximum Gasteiger partial charge on any atom is 0.335 e. The number of rotatable bonds is 7. The molecule has 0 saturated carbocycles. The summed E-state index contributed by atoms with van der Waals surface area (Å²) in [6, 6.07) is 6.75. The van der Waals surface area contributed by atoms with Crippen LogP contribution in [-0.2, 0) is 11.3 Å². The molecule has 1 aromatic carbocycles. The highest BCUT2D eigenvalue weighted by Gasteiger charge is 2.10. The van der Waals surface area contributed by atoms with Gasteiger partial charge < -0.3 is 10.4 Å². The van der Waals surface area contributed by atoms with Crippen molar-refractivity contribution in [3.05, 3.63) is 35.4 Å². The first kappa shape index (κ1) is 15.2. The van der Waals surface area contributed by atoms with Gasteiger partial charge in [0.15, 0.2) is 0 Å². The Morgan fingerprint density at radius 3 is 2.37 bits per heavy atom. The largest absolute Gasteiger partial charge is 0.478 e. The number of hydrogen-bond acceptors (Lipinski definition) is 3. The third-order valence-corrected chi connectivity index (χ3v) is 2.79. The van der Waals surface area contributed by atoms with Crippen LogP contribution in [0.3, 0.4) is 0 Å². The fraction of sp³-hybridized carbons (Fsp3) is 0.429. The average Bonchev–Trinajstić information content (AvgIpc) is 2.39. The van der Waals surface area contributed by atoms with Crippen LogP contribution >= 0.6 is 0 Å². The first-order valence-corrected chi connectivity index (χ1v) is 6.32. The minimum atomic E-state index is -0.928. The maximum absolute atomic E-state index is 11.4. The molecular formula is C14H20N2O3. The quantitative estimate of drug-likeness (QED) is 0.780. The van der Waals surface area contributed by atoms with Crippen molar-refractivity contribution in [1.29, 1.82) is 0 Å². The lowest BCUT2D eigenvalue weighted by Gasteiger charge is -2.20. The smallest absolute Gasteiger partial charge is 0.335 e. The van der Waals surface area contributed by atoms with Crippen LogP contribution < -0.4 is 5.32 Å². The van der Waals surface area contributed by atoms with Gasteiger partial charge in [0.25, 0.3) is 0 Å². The van der Waals surface area contributed by atoms with E-state index >= 15 is 0 Å². The zero-order valence-electron chi connectivity index (χ0n) is 11.3. The molecule has 0 aromatic heterocycles. The molecule has 0 bridgehead atoms. The molecule has 1 amide bonds. The van der Waals surface area contributed by atoms with Crippen LogP contribution in [-0.4, -0.2) is 42.0 Å². The van der Waals surface area contributed by atoms with Crippen LogP contribution in [0.25, 0.3) is 0 Å². The van der Waals surface area contributed by atoms with Gasteiger partial charge in [-0.05, 0) is 30.7 Å². The van der Waals surface area contributed by atoms with Crippen molar-refractivity contribution in [2.24, 2.45) is 0 Å². The Morgan fingerprint density at radius 1 is 1.26 bits per heavy atom. The average molecular weight is 264 g/mol. The van der Waals surface area contributed by atoms with Crippen molar-refractivity contribution < 1.29 is 14.7 Å². The summed E-state index contributed by atoms with van der Waals surface area (Å²) in [7, 11) is 1.62. The third kappa shape index (κ3) is 5.09. The topological polar surface area (TPSA) is 69.6 Å². The number of hydrogen-bond donors (Lipinski definition) is 2. The van der Waals surface area contributed by atoms with Gasteiger partial charge in [0.05, 0.1) is 12.1 Å². The molecule has 2 N–H and O–H groups in total. The second kappa shape index (κ2) is 7.53. The van der Waals surface area contributed by atoms with Crippen LogP contribution in [0.15, 0.2) is 24.3 Å². The second-order valence-electron chi connectivity index (χ2n) is 4.39. The highest BCUT2D eigenvalue weighted by Crippen LogP contribution is 2.08. The van der Waals surface area contributed by atoms with Crippen molar-refractivity contribution in [2.45, 2.75) is 19.9 Å². The zero-order chi connectivity index (χ0) is 14.3. The summed E-state index contributed by atoms with van der Waals surface area (Å²) in [6.07, 6.45) is 0.963. The molecule has 0 radical (unpaired) electrons. The molecule has 5 heteroatoms. The molecule has 1 aromatic rings. The van der Waals surface area contributed by atoms with Crippen molar-refractivity contribution in [2.75, 3.05) is 20.1 Å². The Kier molecular flexibility index (Phi) is 6.02. The van der Waals surface area contributed by atoms with Crippen LogP contribution in [0, 0.1) is 0 Å². The molecule has 5 nitrogen and oxygen atoms in total. The lowest BCUT2D eigenvalue weighted by molar-refractivity contribution is -0.121. The third-order valence-electron chi connectivity index (χ3n) is 2.79. The van der Waals surface area contributed by atoms with E-state index in [2.05, 4.69) is 12.2 Å². The van der Waals surface area contributed by atoms with E-state index < -0.39 is 5.97 Å². The number of carbonyl (C=O) groups is 2. The molecule has 0 spiro atoms. The Balaban J connectivity index is 2.67. The van der Waals surface area contributed by atoms with Crippen LogP contribution in [0.5, 0.6) is 0 Å². The summed E-state index contributed by atoms with van der Waals surface area (Å²) in [4.78, 5) is 24.2. The summed E-state index contributed by atoms with van der Waals surface area (Å²) < 4.78 is 0. The number of carboxylic acid groups (broad SMARTS) is 1. The lowest BCUT2D eigenvalue weighted by atomic mass is 10.1. The molecular weight excluding hydrogens is 244 g/mol. The lowest BCUT2D eigenvalue weighted by Crippen LogP contribution is -2.35. The van der Waals surface area contributed by atoms with E-state index in [4.69, 9.17) is 5.11 Å². The maximum atomic E-state index is 11.4. The number of nitrogens with one attached hydrogen (secondary N) is 1. The first-order valence-electron chi connectivity index (χ1n) is 6.32. The normalized spacial score (nSPS) is 10.5. The summed E-state index contributed by atoms with van der Waals surface area (Å²) in [5.41, 5.74) is 1.28. The molecule has 0 heterocycles. The molecule has 0 atom stereocenters. The van der Waals surface area contributed by atoms with Crippen LogP contribution in [0.2, 0.25) is 0 Å². The molecule has 0 aliphatic heterocycles. The molecule has 1 rings (SSSR count). The Morgan fingerprint density at radius 2 is 1.89 bits per heavy atom. The molecule has 0 fully saturated rings. The number of amides is 1. The molecule has 0 saturated heterocycles. The van der Waals surface area contributed by atoms with E-state index in [-0.39, 0.29) is 11.5 Å². The molecule has 104 valence electrons. The van der Waals surface area contributed by atoms with Crippen molar-refractivity contribution in [1.82, 2.24) is 10.2 Å². The van der Waals surface area contributed by atoms with E-state index in [1.807, 2.05) is 4.90 Å². The zero-order valence-corrected chi connectivity index (χ0v) is 11.3. The number of aromatic carboxylic acids is 1. The van der Waals surface area contributed by atoms with Gasteiger partial charge in [-0.25, -0.2) is 4.79 Å². The summed E-state index contributed by atoms with van der Waals surface area (Å²) in [6.45, 7) is 3.88. The number of nitrogens with zero attached hydrogens (tertiary/aromatic N) is 1. The molecule has 19 heavy (non-hydrogen) atoms. The van der Waals surface area contributed by atoms with Gasteiger partial charge in [-0.15, -0.1) is 0 Å². The monoisotopic (exact) mass is 264 g/mol. The van der Waals surface area contributed by atoms with Gasteiger partial charge in [-0.2, -0.15) is 0 Å². The Bertz CT molecular complexity index is 429. The Hall–Kier alpha value is -1.88. The van der Waals surface area contributed by atoms with Crippen molar-refractivity contribution in [3.8, 4) is 0 Å². The minimum Gasteiger partial charge on any atom is -0.478 e. The van der Waals surface area contributed by atoms with Crippen LogP contribution in [0.4, 0.5) is 0 Å². The highest BCUT2D eigenvalue weighted by atomic mass is 16.4. The minimum absolute atomic E-state index is 0.0180. The van der Waals surface area contributed by atoms with Gasteiger partial charge in [0.1, 0.15) is 0 Å². The fourth-order valence-corrected chi connectivity index (χ4v) is 1.82. The predicted octanol–water partition coefficient (Wildman–Crippen LogP) is 1.34. The second-order valence-corrected chi connectivity index (χ2v) is 4.39. The first-order chi connectivity index (χ1) is 9.06. The highest BCUT2D eigenvalue weighted by molar-refractivity contribution is 5.87.